The van der Waals surface area contributed by atoms with Crippen molar-refractivity contribution in [2.24, 2.45) is 11.8 Å². The van der Waals surface area contributed by atoms with Crippen LogP contribution in [0.5, 0.6) is 0 Å². The number of carboxylic acid groups (broad SMARTS) is 1. The summed E-state index contributed by atoms with van der Waals surface area (Å²) in [5, 5.41) is 29.4. The van der Waals surface area contributed by atoms with Gasteiger partial charge in [0.1, 0.15) is 17.7 Å². The first kappa shape index (κ1) is 30.9. The van der Waals surface area contributed by atoms with Crippen molar-refractivity contribution in [3.63, 3.8) is 0 Å². The van der Waals surface area contributed by atoms with Crippen molar-refractivity contribution in [1.29, 1.82) is 0 Å². The monoisotopic (exact) mass is 512 g/mol. The SMILES string of the molecule is CC(C)CC(NC(=O)C(NC(=O)OC(C)(C)C)C(C)O)C(=O)NC(C=CC(=O)O)CC1CCNC1=O. The molecule has 0 aromatic heterocycles. The maximum atomic E-state index is 13.1. The molecular weight excluding hydrogens is 472 g/mol. The lowest BCUT2D eigenvalue weighted by Crippen LogP contribution is -2.58. The summed E-state index contributed by atoms with van der Waals surface area (Å²) in [6.07, 6.45) is 0.987. The number of hydrogen-bond acceptors (Lipinski definition) is 7. The zero-order valence-corrected chi connectivity index (χ0v) is 21.8. The zero-order chi connectivity index (χ0) is 27.6. The smallest absolute Gasteiger partial charge is 0.408 e. The molecule has 12 heteroatoms. The minimum Gasteiger partial charge on any atom is -0.478 e. The minimum absolute atomic E-state index is 0.0153. The second-order valence-electron chi connectivity index (χ2n) is 10.4. The Morgan fingerprint density at radius 3 is 2.22 bits per heavy atom. The highest BCUT2D eigenvalue weighted by Gasteiger charge is 2.33. The van der Waals surface area contributed by atoms with E-state index < -0.39 is 53.7 Å². The molecule has 12 nitrogen and oxygen atoms in total. The summed E-state index contributed by atoms with van der Waals surface area (Å²) in [6, 6.07) is -3.19. The van der Waals surface area contributed by atoms with Crippen molar-refractivity contribution in [3.05, 3.63) is 12.2 Å². The molecule has 1 heterocycles. The number of alkyl carbamates (subject to hydrolysis) is 1. The van der Waals surface area contributed by atoms with E-state index in [2.05, 4.69) is 21.3 Å². The predicted molar refractivity (Wildman–Crippen MR) is 131 cm³/mol. The van der Waals surface area contributed by atoms with E-state index in [-0.39, 0.29) is 30.6 Å². The van der Waals surface area contributed by atoms with Crippen LogP contribution in [0.2, 0.25) is 0 Å². The Kier molecular flexibility index (Phi) is 11.8. The molecule has 1 rings (SSSR count). The van der Waals surface area contributed by atoms with Gasteiger partial charge in [-0.25, -0.2) is 9.59 Å². The van der Waals surface area contributed by atoms with E-state index in [9.17, 15) is 29.1 Å². The van der Waals surface area contributed by atoms with Gasteiger partial charge in [-0.05, 0) is 52.9 Å². The van der Waals surface area contributed by atoms with Gasteiger partial charge in [-0.2, -0.15) is 0 Å². The number of nitrogens with one attached hydrogen (secondary N) is 4. The highest BCUT2D eigenvalue weighted by atomic mass is 16.6. The van der Waals surface area contributed by atoms with Crippen molar-refractivity contribution < 1.29 is 38.9 Å². The number of ether oxygens (including phenoxy) is 1. The third-order valence-electron chi connectivity index (χ3n) is 5.28. The molecule has 0 aliphatic carbocycles. The van der Waals surface area contributed by atoms with Gasteiger partial charge in [-0.3, -0.25) is 14.4 Å². The number of amides is 4. The van der Waals surface area contributed by atoms with E-state index in [1.54, 1.807) is 20.8 Å². The van der Waals surface area contributed by atoms with Crippen LogP contribution in [-0.4, -0.2) is 76.4 Å². The molecule has 0 radical (unpaired) electrons. The molecule has 6 N–H and O–H groups in total. The van der Waals surface area contributed by atoms with Crippen molar-refractivity contribution in [1.82, 2.24) is 21.3 Å². The van der Waals surface area contributed by atoms with Crippen LogP contribution in [-0.2, 0) is 23.9 Å². The highest BCUT2D eigenvalue weighted by molar-refractivity contribution is 5.92. The van der Waals surface area contributed by atoms with Crippen molar-refractivity contribution in [2.45, 2.75) is 90.6 Å². The summed E-state index contributed by atoms with van der Waals surface area (Å²) in [7, 11) is 0. The number of carbonyl (C=O) groups is 5. The lowest BCUT2D eigenvalue weighted by Gasteiger charge is -2.28. The van der Waals surface area contributed by atoms with Gasteiger partial charge in [-0.15, -0.1) is 0 Å². The first-order valence-electron chi connectivity index (χ1n) is 12.1. The van der Waals surface area contributed by atoms with E-state index in [4.69, 9.17) is 9.84 Å². The molecule has 36 heavy (non-hydrogen) atoms. The summed E-state index contributed by atoms with van der Waals surface area (Å²) < 4.78 is 5.15. The fourth-order valence-corrected chi connectivity index (χ4v) is 3.65. The number of carbonyl (C=O) groups excluding carboxylic acids is 4. The zero-order valence-electron chi connectivity index (χ0n) is 21.8. The highest BCUT2D eigenvalue weighted by Crippen LogP contribution is 2.17. The van der Waals surface area contributed by atoms with Gasteiger partial charge in [0.05, 0.1) is 6.10 Å². The average Bonchev–Trinajstić information content (AvgIpc) is 3.12. The van der Waals surface area contributed by atoms with Gasteiger partial charge in [0, 0.05) is 24.6 Å². The van der Waals surface area contributed by atoms with Crippen LogP contribution in [0, 0.1) is 11.8 Å². The predicted octanol–water partition coefficient (Wildman–Crippen LogP) is 0.443. The average molecular weight is 513 g/mol. The van der Waals surface area contributed by atoms with Gasteiger partial charge >= 0.3 is 12.1 Å². The van der Waals surface area contributed by atoms with Crippen LogP contribution in [0.1, 0.15) is 60.8 Å². The van der Waals surface area contributed by atoms with Crippen LogP contribution in [0.4, 0.5) is 4.79 Å². The van der Waals surface area contributed by atoms with Gasteiger partial charge in [0.25, 0.3) is 0 Å². The summed E-state index contributed by atoms with van der Waals surface area (Å²) >= 11 is 0. The third kappa shape index (κ3) is 11.5. The Bertz CT molecular complexity index is 834. The molecule has 1 saturated heterocycles. The number of aliphatic carboxylic acids is 1. The van der Waals surface area contributed by atoms with Crippen molar-refractivity contribution >= 4 is 29.8 Å². The van der Waals surface area contributed by atoms with Gasteiger partial charge in [-0.1, -0.05) is 19.9 Å². The molecular formula is C24H40N4O8. The number of aliphatic hydroxyl groups is 1. The first-order valence-corrected chi connectivity index (χ1v) is 12.1. The second kappa shape index (κ2) is 13.8. The van der Waals surface area contributed by atoms with Crippen molar-refractivity contribution in [2.75, 3.05) is 6.54 Å². The first-order chi connectivity index (χ1) is 16.6. The lowest BCUT2D eigenvalue weighted by atomic mass is 9.96. The Morgan fingerprint density at radius 1 is 1.11 bits per heavy atom. The Morgan fingerprint density at radius 2 is 1.75 bits per heavy atom. The van der Waals surface area contributed by atoms with Crippen LogP contribution < -0.4 is 21.3 Å². The van der Waals surface area contributed by atoms with E-state index in [0.29, 0.717) is 13.0 Å². The molecule has 1 fully saturated rings. The molecule has 1 aliphatic heterocycles. The number of carboxylic acids is 1. The molecule has 0 aromatic carbocycles. The minimum atomic E-state index is -1.38. The molecule has 4 amide bonds. The van der Waals surface area contributed by atoms with Crippen LogP contribution in [0.3, 0.4) is 0 Å². The maximum absolute atomic E-state index is 13.1. The standard InChI is InChI=1S/C24H40N4O8/c1-13(2)11-17(27-22(34)19(14(3)29)28-23(35)36-24(4,5)6)21(33)26-16(7-8-18(30)31)12-15-9-10-25-20(15)32/h7-8,13-17,19,29H,9-12H2,1-6H3,(H,25,32)(H,26,33)(H,27,34)(H,28,35)(H,30,31). The van der Waals surface area contributed by atoms with Gasteiger partial charge in [0.15, 0.2) is 0 Å². The number of hydrogen-bond donors (Lipinski definition) is 6. The third-order valence-corrected chi connectivity index (χ3v) is 5.28. The van der Waals surface area contributed by atoms with Crippen LogP contribution >= 0.6 is 0 Å². The summed E-state index contributed by atoms with van der Waals surface area (Å²) in [6.45, 7) is 10.5. The van der Waals surface area contributed by atoms with E-state index >= 15 is 0 Å². The Labute approximate surface area is 211 Å². The van der Waals surface area contributed by atoms with Crippen molar-refractivity contribution in [3.8, 4) is 0 Å². The summed E-state index contributed by atoms with van der Waals surface area (Å²) in [4.78, 5) is 61.2. The lowest BCUT2D eigenvalue weighted by molar-refractivity contribution is -0.132. The molecule has 1 aliphatic rings. The van der Waals surface area contributed by atoms with Gasteiger partial charge < -0.3 is 36.2 Å². The fourth-order valence-electron chi connectivity index (χ4n) is 3.65. The topological polar surface area (TPSA) is 183 Å². The maximum Gasteiger partial charge on any atom is 0.408 e. The molecule has 204 valence electrons. The van der Waals surface area contributed by atoms with E-state index in [1.165, 1.54) is 13.0 Å². The molecule has 0 spiro atoms. The van der Waals surface area contributed by atoms with Crippen LogP contribution in [0.25, 0.3) is 0 Å². The molecule has 0 saturated carbocycles. The van der Waals surface area contributed by atoms with E-state index in [1.807, 2.05) is 13.8 Å². The molecule has 5 atom stereocenters. The molecule has 0 aromatic rings. The van der Waals surface area contributed by atoms with Gasteiger partial charge in [0.2, 0.25) is 17.7 Å². The summed E-state index contributed by atoms with van der Waals surface area (Å²) in [5.74, 6) is -3.15. The normalized spacial score (nSPS) is 19.2. The number of aliphatic hydroxyl groups excluding tert-OH is 1. The largest absolute Gasteiger partial charge is 0.478 e. The Hall–Kier alpha value is -3.15. The van der Waals surface area contributed by atoms with Crippen LogP contribution in [0.15, 0.2) is 12.2 Å². The summed E-state index contributed by atoms with van der Waals surface area (Å²) in [5.41, 5.74) is -0.821. The molecule has 5 unspecified atom stereocenters. The van der Waals surface area contributed by atoms with E-state index in [0.717, 1.165) is 6.08 Å². The number of rotatable bonds is 12. The molecule has 0 bridgehead atoms. The quantitative estimate of drug-likeness (QED) is 0.204. The Balaban J connectivity index is 3.00. The fraction of sp³-hybridized carbons (Fsp3) is 0.708. The second-order valence-corrected chi connectivity index (χ2v) is 10.4.